The number of aryl methyl sites for hydroxylation is 1. The van der Waals surface area contributed by atoms with Crippen molar-refractivity contribution < 1.29 is 4.79 Å². The maximum atomic E-state index is 12.7. The van der Waals surface area contributed by atoms with Gasteiger partial charge >= 0.3 is 0 Å². The monoisotopic (exact) mass is 352 g/mol. The Hall–Kier alpha value is -2.40. The van der Waals surface area contributed by atoms with E-state index in [1.807, 2.05) is 25.1 Å². The minimum absolute atomic E-state index is 0.0286. The van der Waals surface area contributed by atoms with Gasteiger partial charge in [0.25, 0.3) is 5.91 Å². The van der Waals surface area contributed by atoms with E-state index in [1.54, 1.807) is 12.4 Å². The van der Waals surface area contributed by atoms with Crippen LogP contribution in [0.3, 0.4) is 0 Å². The molecule has 1 aliphatic rings. The Labute approximate surface area is 156 Å². The van der Waals surface area contributed by atoms with Crippen molar-refractivity contribution in [1.82, 2.24) is 15.2 Å². The number of nitrogens with zero attached hydrogens (tertiary/aromatic N) is 3. The van der Waals surface area contributed by atoms with Crippen molar-refractivity contribution in [3.05, 3.63) is 59.4 Å². The molecule has 0 spiro atoms. The Balaban J connectivity index is 1.54. The smallest absolute Gasteiger partial charge is 0.255 e. The van der Waals surface area contributed by atoms with Crippen molar-refractivity contribution in [2.45, 2.75) is 32.4 Å². The number of anilines is 1. The summed E-state index contributed by atoms with van der Waals surface area (Å²) in [6.07, 6.45) is 5.33. The minimum atomic E-state index is -0.0286. The Morgan fingerprint density at radius 1 is 1.23 bits per heavy atom. The number of carbonyl (C=O) groups is 1. The summed E-state index contributed by atoms with van der Waals surface area (Å²) in [6, 6.07) is 10.7. The summed E-state index contributed by atoms with van der Waals surface area (Å²) in [5, 5.41) is 3.19. The Morgan fingerprint density at radius 2 is 1.96 bits per heavy atom. The topological polar surface area (TPSA) is 48.5 Å². The molecule has 0 atom stereocenters. The third-order valence-corrected chi connectivity index (χ3v) is 5.10. The normalized spacial score (nSPS) is 15.7. The van der Waals surface area contributed by atoms with E-state index in [1.165, 1.54) is 11.1 Å². The standard InChI is InChI=1S/C21H28N4O/c1-16-6-4-5-7-17(16)15-25-12-9-18(10-13-25)23-21(26)19-14-22-11-8-20(19)24(2)3/h4-8,11,14,18H,9-10,12-13,15H2,1-3H3,(H,23,26). The molecule has 5 heteroatoms. The van der Waals surface area contributed by atoms with Crippen LogP contribution in [0.25, 0.3) is 0 Å². The summed E-state index contributed by atoms with van der Waals surface area (Å²) in [7, 11) is 3.88. The average Bonchev–Trinajstić information content (AvgIpc) is 2.65. The second-order valence-corrected chi connectivity index (χ2v) is 7.24. The van der Waals surface area contributed by atoms with E-state index in [-0.39, 0.29) is 11.9 Å². The van der Waals surface area contributed by atoms with Crippen LogP contribution in [-0.4, -0.2) is 49.0 Å². The Morgan fingerprint density at radius 3 is 2.65 bits per heavy atom. The summed E-state index contributed by atoms with van der Waals surface area (Å²) in [5.41, 5.74) is 4.27. The van der Waals surface area contributed by atoms with Gasteiger partial charge in [-0.1, -0.05) is 24.3 Å². The predicted octanol–water partition coefficient (Wildman–Crippen LogP) is 2.85. The molecule has 2 heterocycles. The minimum Gasteiger partial charge on any atom is -0.377 e. The zero-order chi connectivity index (χ0) is 18.5. The second-order valence-electron chi connectivity index (χ2n) is 7.24. The third kappa shape index (κ3) is 4.41. The predicted molar refractivity (Wildman–Crippen MR) is 106 cm³/mol. The fraction of sp³-hybridized carbons (Fsp3) is 0.429. The molecule has 138 valence electrons. The van der Waals surface area contributed by atoms with E-state index >= 15 is 0 Å². The molecule has 1 aromatic carbocycles. The fourth-order valence-corrected chi connectivity index (χ4v) is 3.48. The van der Waals surface area contributed by atoms with Crippen molar-refractivity contribution >= 4 is 11.6 Å². The molecule has 1 N–H and O–H groups in total. The van der Waals surface area contributed by atoms with Crippen molar-refractivity contribution in [3.63, 3.8) is 0 Å². The van der Waals surface area contributed by atoms with Gasteiger partial charge in [-0.25, -0.2) is 0 Å². The highest BCUT2D eigenvalue weighted by Crippen LogP contribution is 2.19. The maximum Gasteiger partial charge on any atom is 0.255 e. The number of carbonyl (C=O) groups excluding carboxylic acids is 1. The molecule has 0 unspecified atom stereocenters. The molecule has 1 saturated heterocycles. The number of amides is 1. The maximum absolute atomic E-state index is 12.7. The highest BCUT2D eigenvalue weighted by molar-refractivity contribution is 5.99. The molecule has 0 aliphatic carbocycles. The van der Waals surface area contributed by atoms with Crippen molar-refractivity contribution in [2.75, 3.05) is 32.1 Å². The van der Waals surface area contributed by atoms with Crippen LogP contribution in [0.15, 0.2) is 42.7 Å². The number of nitrogens with one attached hydrogen (secondary N) is 1. The van der Waals surface area contributed by atoms with Gasteiger partial charge in [0, 0.05) is 52.2 Å². The van der Waals surface area contributed by atoms with Crippen LogP contribution in [0.2, 0.25) is 0 Å². The largest absolute Gasteiger partial charge is 0.377 e. The molecule has 2 aromatic rings. The van der Waals surface area contributed by atoms with Gasteiger partial charge in [0.15, 0.2) is 0 Å². The first kappa shape index (κ1) is 18.4. The van der Waals surface area contributed by atoms with Crippen molar-refractivity contribution in [3.8, 4) is 0 Å². The molecule has 1 aliphatic heterocycles. The van der Waals surface area contributed by atoms with Crippen LogP contribution in [0.5, 0.6) is 0 Å². The first-order chi connectivity index (χ1) is 12.5. The number of piperidine rings is 1. The highest BCUT2D eigenvalue weighted by Gasteiger charge is 2.22. The van der Waals surface area contributed by atoms with E-state index in [4.69, 9.17) is 0 Å². The first-order valence-electron chi connectivity index (χ1n) is 9.23. The molecular weight excluding hydrogens is 324 g/mol. The summed E-state index contributed by atoms with van der Waals surface area (Å²) in [6.45, 7) is 5.17. The lowest BCUT2D eigenvalue weighted by Gasteiger charge is -2.32. The van der Waals surface area contributed by atoms with E-state index < -0.39 is 0 Å². The Bertz CT molecular complexity index is 751. The molecular formula is C21H28N4O. The van der Waals surface area contributed by atoms with Crippen LogP contribution in [0.4, 0.5) is 5.69 Å². The number of pyridine rings is 1. The van der Waals surface area contributed by atoms with Gasteiger partial charge in [-0.05, 0) is 37.0 Å². The van der Waals surface area contributed by atoms with E-state index in [0.717, 1.165) is 38.2 Å². The zero-order valence-corrected chi connectivity index (χ0v) is 15.9. The summed E-state index contributed by atoms with van der Waals surface area (Å²) >= 11 is 0. The van der Waals surface area contributed by atoms with Gasteiger partial charge in [-0.3, -0.25) is 14.7 Å². The van der Waals surface area contributed by atoms with E-state index in [2.05, 4.69) is 46.4 Å². The number of hydrogen-bond acceptors (Lipinski definition) is 4. The van der Waals surface area contributed by atoms with Gasteiger partial charge in [0.1, 0.15) is 0 Å². The molecule has 26 heavy (non-hydrogen) atoms. The fourth-order valence-electron chi connectivity index (χ4n) is 3.48. The van der Waals surface area contributed by atoms with Crippen LogP contribution >= 0.6 is 0 Å². The number of hydrogen-bond donors (Lipinski definition) is 1. The number of aromatic nitrogens is 1. The zero-order valence-electron chi connectivity index (χ0n) is 15.9. The van der Waals surface area contributed by atoms with Gasteiger partial charge < -0.3 is 10.2 Å². The molecule has 1 amide bonds. The van der Waals surface area contributed by atoms with E-state index in [9.17, 15) is 4.79 Å². The molecule has 1 fully saturated rings. The molecule has 0 radical (unpaired) electrons. The van der Waals surface area contributed by atoms with Crippen molar-refractivity contribution in [2.24, 2.45) is 0 Å². The van der Waals surface area contributed by atoms with Gasteiger partial charge in [0.2, 0.25) is 0 Å². The number of likely N-dealkylation sites (tertiary alicyclic amines) is 1. The van der Waals surface area contributed by atoms with Crippen LogP contribution in [0, 0.1) is 6.92 Å². The highest BCUT2D eigenvalue weighted by atomic mass is 16.1. The SMILES string of the molecule is Cc1ccccc1CN1CCC(NC(=O)c2cnccc2N(C)C)CC1. The first-order valence-corrected chi connectivity index (χ1v) is 9.23. The van der Waals surface area contributed by atoms with Crippen LogP contribution in [-0.2, 0) is 6.54 Å². The summed E-state index contributed by atoms with van der Waals surface area (Å²) in [5.74, 6) is -0.0286. The molecule has 3 rings (SSSR count). The molecule has 0 saturated carbocycles. The van der Waals surface area contributed by atoms with Crippen LogP contribution in [0.1, 0.15) is 34.3 Å². The van der Waals surface area contributed by atoms with Gasteiger partial charge in [0.05, 0.1) is 11.3 Å². The van der Waals surface area contributed by atoms with Gasteiger partial charge in [-0.2, -0.15) is 0 Å². The number of rotatable bonds is 5. The Kier molecular flexibility index (Phi) is 5.89. The lowest BCUT2D eigenvalue weighted by atomic mass is 10.0. The second kappa shape index (κ2) is 8.32. The van der Waals surface area contributed by atoms with Crippen LogP contribution < -0.4 is 10.2 Å². The molecule has 0 bridgehead atoms. The summed E-state index contributed by atoms with van der Waals surface area (Å²) < 4.78 is 0. The quantitative estimate of drug-likeness (QED) is 0.899. The van der Waals surface area contributed by atoms with Crippen molar-refractivity contribution in [1.29, 1.82) is 0 Å². The number of benzene rings is 1. The van der Waals surface area contributed by atoms with Gasteiger partial charge in [-0.15, -0.1) is 0 Å². The van der Waals surface area contributed by atoms with E-state index in [0.29, 0.717) is 5.56 Å². The lowest BCUT2D eigenvalue weighted by Crippen LogP contribution is -2.44. The average molecular weight is 352 g/mol. The lowest BCUT2D eigenvalue weighted by molar-refractivity contribution is 0.0909. The third-order valence-electron chi connectivity index (χ3n) is 5.10. The molecule has 1 aromatic heterocycles. The molecule has 5 nitrogen and oxygen atoms in total. The summed E-state index contributed by atoms with van der Waals surface area (Å²) in [4.78, 5) is 21.2.